The standard InChI is InChI=1S/C6H11F/c1-5-2-3-6(7)4-5/h5-6H,2-4H2,1H3/t5-,6+/m0/s1. The van der Waals surface area contributed by atoms with Gasteiger partial charge in [-0.3, -0.25) is 0 Å². The van der Waals surface area contributed by atoms with Gasteiger partial charge in [-0.15, -0.1) is 0 Å². The summed E-state index contributed by atoms with van der Waals surface area (Å²) in [5.41, 5.74) is 0. The molecular formula is C6H11F. The van der Waals surface area contributed by atoms with Crippen molar-refractivity contribution in [1.82, 2.24) is 0 Å². The quantitative estimate of drug-likeness (QED) is 0.439. The Labute approximate surface area is 43.7 Å². The Morgan fingerprint density at radius 3 is 2.29 bits per heavy atom. The lowest BCUT2D eigenvalue weighted by atomic mass is 10.1. The molecule has 42 valence electrons. The zero-order valence-corrected chi connectivity index (χ0v) is 4.65. The highest BCUT2D eigenvalue weighted by atomic mass is 19.1. The molecule has 1 heteroatoms. The molecule has 1 fully saturated rings. The SMILES string of the molecule is C[C@H]1CC[C@@H](F)C1. The fourth-order valence-corrected chi connectivity index (χ4v) is 1.14. The predicted octanol–water partition coefficient (Wildman–Crippen LogP) is 2.14. The van der Waals surface area contributed by atoms with E-state index in [0.29, 0.717) is 5.92 Å². The zero-order chi connectivity index (χ0) is 5.28. The summed E-state index contributed by atoms with van der Waals surface area (Å²) in [6.45, 7) is 2.11. The molecule has 0 unspecified atom stereocenters. The normalized spacial score (nSPS) is 42.0. The van der Waals surface area contributed by atoms with Gasteiger partial charge >= 0.3 is 0 Å². The zero-order valence-electron chi connectivity index (χ0n) is 4.65. The van der Waals surface area contributed by atoms with Crippen molar-refractivity contribution < 1.29 is 4.39 Å². The van der Waals surface area contributed by atoms with Crippen LogP contribution in [0.4, 0.5) is 4.39 Å². The van der Waals surface area contributed by atoms with Crippen LogP contribution in [-0.4, -0.2) is 6.17 Å². The molecule has 7 heavy (non-hydrogen) atoms. The molecule has 0 aromatic rings. The van der Waals surface area contributed by atoms with Crippen molar-refractivity contribution in [2.24, 2.45) is 5.92 Å². The van der Waals surface area contributed by atoms with Gasteiger partial charge in [-0.25, -0.2) is 4.39 Å². The van der Waals surface area contributed by atoms with Crippen LogP contribution in [0.2, 0.25) is 0 Å². The Balaban J connectivity index is 2.26. The number of hydrogen-bond acceptors (Lipinski definition) is 0. The van der Waals surface area contributed by atoms with E-state index >= 15 is 0 Å². The minimum atomic E-state index is -0.477. The van der Waals surface area contributed by atoms with Crippen molar-refractivity contribution in [3.05, 3.63) is 0 Å². The fraction of sp³-hybridized carbons (Fsp3) is 1.00. The maximum Gasteiger partial charge on any atom is 0.100 e. The van der Waals surface area contributed by atoms with Crippen molar-refractivity contribution in [2.75, 3.05) is 0 Å². The Morgan fingerprint density at radius 2 is 2.14 bits per heavy atom. The van der Waals surface area contributed by atoms with E-state index in [2.05, 4.69) is 6.92 Å². The van der Waals surface area contributed by atoms with E-state index in [-0.39, 0.29) is 0 Å². The van der Waals surface area contributed by atoms with Crippen LogP contribution < -0.4 is 0 Å². The third-order valence-electron chi connectivity index (χ3n) is 1.63. The monoisotopic (exact) mass is 102 g/mol. The highest BCUT2D eigenvalue weighted by molar-refractivity contribution is 4.70. The van der Waals surface area contributed by atoms with Gasteiger partial charge < -0.3 is 0 Å². The van der Waals surface area contributed by atoms with Gasteiger partial charge in [0, 0.05) is 0 Å². The number of hydrogen-bond donors (Lipinski definition) is 0. The van der Waals surface area contributed by atoms with Gasteiger partial charge in [0.1, 0.15) is 6.17 Å². The van der Waals surface area contributed by atoms with Crippen molar-refractivity contribution in [2.45, 2.75) is 32.4 Å². The third kappa shape index (κ3) is 1.15. The molecule has 1 aliphatic rings. The molecule has 2 atom stereocenters. The van der Waals surface area contributed by atoms with E-state index in [1.54, 1.807) is 0 Å². The molecule has 0 radical (unpaired) electrons. The van der Waals surface area contributed by atoms with E-state index in [1.165, 1.54) is 0 Å². The van der Waals surface area contributed by atoms with Crippen molar-refractivity contribution in [1.29, 1.82) is 0 Å². The van der Waals surface area contributed by atoms with E-state index in [1.807, 2.05) is 0 Å². The van der Waals surface area contributed by atoms with Crippen LogP contribution in [0.25, 0.3) is 0 Å². The first-order valence-electron chi connectivity index (χ1n) is 2.93. The Hall–Kier alpha value is -0.0700. The van der Waals surface area contributed by atoms with Gasteiger partial charge in [0.15, 0.2) is 0 Å². The van der Waals surface area contributed by atoms with Gasteiger partial charge in [-0.05, 0) is 25.2 Å². The van der Waals surface area contributed by atoms with Crippen LogP contribution in [0.15, 0.2) is 0 Å². The molecule has 0 amide bonds. The average molecular weight is 102 g/mol. The summed E-state index contributed by atoms with van der Waals surface area (Å²) in [5, 5.41) is 0. The fourth-order valence-electron chi connectivity index (χ4n) is 1.14. The largest absolute Gasteiger partial charge is 0.247 e. The molecule has 0 bridgehead atoms. The van der Waals surface area contributed by atoms with Gasteiger partial charge in [-0.2, -0.15) is 0 Å². The molecule has 1 aliphatic carbocycles. The minimum absolute atomic E-state index is 0.477. The number of halogens is 1. The van der Waals surface area contributed by atoms with Crippen LogP contribution >= 0.6 is 0 Å². The van der Waals surface area contributed by atoms with Crippen molar-refractivity contribution in [3.8, 4) is 0 Å². The maximum atomic E-state index is 12.2. The van der Waals surface area contributed by atoms with Gasteiger partial charge in [0.25, 0.3) is 0 Å². The third-order valence-corrected chi connectivity index (χ3v) is 1.63. The molecular weight excluding hydrogens is 91.1 g/mol. The van der Waals surface area contributed by atoms with Crippen LogP contribution in [0.3, 0.4) is 0 Å². The van der Waals surface area contributed by atoms with Crippen LogP contribution in [0, 0.1) is 5.92 Å². The maximum absolute atomic E-state index is 12.2. The Bertz CT molecular complexity index is 53.2. The van der Waals surface area contributed by atoms with Crippen LogP contribution in [-0.2, 0) is 0 Å². The lowest BCUT2D eigenvalue weighted by Crippen LogP contribution is -1.89. The highest BCUT2D eigenvalue weighted by Crippen LogP contribution is 2.26. The Kier molecular flexibility index (Phi) is 1.31. The van der Waals surface area contributed by atoms with E-state index < -0.39 is 6.17 Å². The minimum Gasteiger partial charge on any atom is -0.247 e. The van der Waals surface area contributed by atoms with Gasteiger partial charge in [-0.1, -0.05) is 6.92 Å². The second-order valence-electron chi connectivity index (χ2n) is 2.52. The predicted molar refractivity (Wildman–Crippen MR) is 27.9 cm³/mol. The lowest BCUT2D eigenvalue weighted by molar-refractivity contribution is 0.334. The second kappa shape index (κ2) is 1.81. The molecule has 0 heterocycles. The molecule has 0 spiro atoms. The lowest BCUT2D eigenvalue weighted by Gasteiger charge is -1.93. The van der Waals surface area contributed by atoms with E-state index in [4.69, 9.17) is 0 Å². The van der Waals surface area contributed by atoms with Gasteiger partial charge in [0.05, 0.1) is 0 Å². The summed E-state index contributed by atoms with van der Waals surface area (Å²) in [6, 6.07) is 0. The second-order valence-corrected chi connectivity index (χ2v) is 2.52. The summed E-state index contributed by atoms with van der Waals surface area (Å²) >= 11 is 0. The van der Waals surface area contributed by atoms with Crippen LogP contribution in [0.1, 0.15) is 26.2 Å². The summed E-state index contributed by atoms with van der Waals surface area (Å²) in [4.78, 5) is 0. The topological polar surface area (TPSA) is 0 Å². The molecule has 0 saturated heterocycles. The molecule has 0 N–H and O–H groups in total. The summed E-state index contributed by atoms with van der Waals surface area (Å²) in [7, 11) is 0. The first-order chi connectivity index (χ1) is 3.29. The summed E-state index contributed by atoms with van der Waals surface area (Å²) < 4.78 is 12.2. The number of alkyl halides is 1. The smallest absolute Gasteiger partial charge is 0.100 e. The number of rotatable bonds is 0. The van der Waals surface area contributed by atoms with Gasteiger partial charge in [0.2, 0.25) is 0 Å². The average Bonchev–Trinajstić information content (AvgIpc) is 1.87. The van der Waals surface area contributed by atoms with Crippen LogP contribution in [0.5, 0.6) is 0 Å². The summed E-state index contributed by atoms with van der Waals surface area (Å²) in [6.07, 6.45) is 2.23. The first-order valence-corrected chi connectivity index (χ1v) is 2.93. The van der Waals surface area contributed by atoms with E-state index in [0.717, 1.165) is 19.3 Å². The highest BCUT2D eigenvalue weighted by Gasteiger charge is 2.19. The molecule has 0 aliphatic heterocycles. The van der Waals surface area contributed by atoms with E-state index in [9.17, 15) is 4.39 Å². The van der Waals surface area contributed by atoms with Crippen molar-refractivity contribution >= 4 is 0 Å². The molecule has 0 nitrogen and oxygen atoms in total. The first kappa shape index (κ1) is 5.07. The molecule has 1 rings (SSSR count). The van der Waals surface area contributed by atoms with Crippen molar-refractivity contribution in [3.63, 3.8) is 0 Å². The molecule has 0 aromatic heterocycles. The molecule has 1 saturated carbocycles. The molecule has 0 aromatic carbocycles. The summed E-state index contributed by atoms with van der Waals surface area (Å²) in [5.74, 6) is 0.648. The Morgan fingerprint density at radius 1 is 1.43 bits per heavy atom.